The summed E-state index contributed by atoms with van der Waals surface area (Å²) in [5.74, 6) is -2.06. The Morgan fingerprint density at radius 1 is 1.11 bits per heavy atom. The van der Waals surface area contributed by atoms with Crippen LogP contribution in [0.25, 0.3) is 0 Å². The summed E-state index contributed by atoms with van der Waals surface area (Å²) >= 11 is 0. The van der Waals surface area contributed by atoms with Crippen molar-refractivity contribution in [2.45, 2.75) is 12.2 Å². The molecule has 1 saturated heterocycles. The first-order chi connectivity index (χ1) is 12.8. The lowest BCUT2D eigenvalue weighted by atomic mass is 10.1. The molecule has 1 unspecified atom stereocenters. The van der Waals surface area contributed by atoms with Gasteiger partial charge in [0.2, 0.25) is 5.91 Å². The van der Waals surface area contributed by atoms with Gasteiger partial charge in [-0.15, -0.1) is 0 Å². The molecule has 0 bridgehead atoms. The summed E-state index contributed by atoms with van der Waals surface area (Å²) in [6, 6.07) is 4.31. The van der Waals surface area contributed by atoms with E-state index in [2.05, 4.69) is 10.6 Å². The van der Waals surface area contributed by atoms with Gasteiger partial charge in [-0.1, -0.05) is 12.1 Å². The minimum absolute atomic E-state index is 0.185. The predicted molar refractivity (Wildman–Crippen MR) is 89.1 cm³/mol. The Morgan fingerprint density at radius 2 is 1.67 bits per heavy atom. The minimum atomic E-state index is -4.50. The Morgan fingerprint density at radius 3 is 2.19 bits per heavy atom. The Kier molecular flexibility index (Phi) is 5.47. The van der Waals surface area contributed by atoms with Crippen LogP contribution >= 0.6 is 0 Å². The van der Waals surface area contributed by atoms with Gasteiger partial charge < -0.3 is 10.6 Å². The normalized spacial score (nSPS) is 19.1. The number of imide groups is 1. The molecule has 2 N–H and O–H groups in total. The van der Waals surface area contributed by atoms with Crippen LogP contribution in [0.2, 0.25) is 0 Å². The monoisotopic (exact) mass is 384 g/mol. The summed E-state index contributed by atoms with van der Waals surface area (Å²) in [6.07, 6.45) is -4.50. The molecular formula is C17H19F3N4O3. The highest BCUT2D eigenvalue weighted by molar-refractivity contribution is 6.22. The molecule has 3 amide bonds. The van der Waals surface area contributed by atoms with Crippen molar-refractivity contribution in [2.24, 2.45) is 0 Å². The maximum Gasteiger partial charge on any atom is 0.405 e. The van der Waals surface area contributed by atoms with E-state index in [1.807, 2.05) is 0 Å². The van der Waals surface area contributed by atoms with Crippen molar-refractivity contribution < 1.29 is 27.6 Å². The van der Waals surface area contributed by atoms with E-state index < -0.39 is 43.0 Å². The van der Waals surface area contributed by atoms with Crippen LogP contribution < -0.4 is 10.6 Å². The van der Waals surface area contributed by atoms with E-state index in [0.717, 1.165) is 4.90 Å². The number of fused-ring (bicyclic) bond motifs is 1. The van der Waals surface area contributed by atoms with Gasteiger partial charge in [0.05, 0.1) is 11.1 Å². The lowest BCUT2D eigenvalue weighted by Crippen LogP contribution is -2.58. The number of amides is 3. The van der Waals surface area contributed by atoms with Gasteiger partial charge in [-0.25, -0.2) is 0 Å². The molecule has 0 saturated carbocycles. The summed E-state index contributed by atoms with van der Waals surface area (Å²) in [5, 5.41) is 5.19. The second-order valence-electron chi connectivity index (χ2n) is 6.39. The van der Waals surface area contributed by atoms with Crippen molar-refractivity contribution in [2.75, 3.05) is 39.3 Å². The zero-order valence-corrected chi connectivity index (χ0v) is 14.4. The molecule has 2 aliphatic heterocycles. The fourth-order valence-electron chi connectivity index (χ4n) is 3.24. The molecule has 0 spiro atoms. The molecule has 7 nitrogen and oxygen atoms in total. The number of nitrogens with zero attached hydrogens (tertiary/aromatic N) is 2. The van der Waals surface area contributed by atoms with Gasteiger partial charge in [-0.3, -0.25) is 24.2 Å². The van der Waals surface area contributed by atoms with E-state index in [0.29, 0.717) is 13.1 Å². The van der Waals surface area contributed by atoms with Crippen molar-refractivity contribution in [1.82, 2.24) is 20.4 Å². The van der Waals surface area contributed by atoms with Crippen LogP contribution in [0.3, 0.4) is 0 Å². The third-order valence-corrected chi connectivity index (χ3v) is 4.64. The molecule has 10 heteroatoms. The van der Waals surface area contributed by atoms with E-state index >= 15 is 0 Å². The first-order valence-corrected chi connectivity index (χ1v) is 8.52. The molecule has 0 radical (unpaired) electrons. The average Bonchev–Trinajstić information content (AvgIpc) is 2.87. The quantitative estimate of drug-likeness (QED) is 0.711. The highest BCUT2D eigenvalue weighted by Crippen LogP contribution is 2.25. The predicted octanol–water partition coefficient (Wildman–Crippen LogP) is 0.235. The Hall–Kier alpha value is -2.46. The second-order valence-corrected chi connectivity index (χ2v) is 6.39. The number of carbonyl (C=O) groups excluding carboxylic acids is 3. The summed E-state index contributed by atoms with van der Waals surface area (Å²) in [5.41, 5.74) is 0.369. The number of nitrogens with one attached hydrogen (secondary N) is 2. The van der Waals surface area contributed by atoms with E-state index in [1.54, 1.807) is 12.1 Å². The highest BCUT2D eigenvalue weighted by atomic mass is 19.4. The third-order valence-electron chi connectivity index (χ3n) is 4.64. The zero-order chi connectivity index (χ0) is 19.6. The lowest BCUT2D eigenvalue weighted by Gasteiger charge is -2.36. The van der Waals surface area contributed by atoms with Crippen LogP contribution in [-0.2, 0) is 4.79 Å². The maximum absolute atomic E-state index is 13.3. The Balaban J connectivity index is 1.60. The third kappa shape index (κ3) is 4.11. The van der Waals surface area contributed by atoms with Crippen molar-refractivity contribution in [3.63, 3.8) is 0 Å². The summed E-state index contributed by atoms with van der Waals surface area (Å²) in [4.78, 5) is 38.5. The SMILES string of the molecule is O=C(CN1C(=O)c2ccccc2C1=O)NCC(N1CCNCC1)C(F)(F)F. The number of piperazine rings is 1. The molecule has 1 atom stereocenters. The summed E-state index contributed by atoms with van der Waals surface area (Å²) in [6.45, 7) is 0.0754. The number of hydrogen-bond donors (Lipinski definition) is 2. The van der Waals surface area contributed by atoms with Gasteiger partial charge in [0.1, 0.15) is 12.6 Å². The molecule has 2 heterocycles. The summed E-state index contributed by atoms with van der Waals surface area (Å²) < 4.78 is 40.0. The van der Waals surface area contributed by atoms with Gasteiger partial charge in [0, 0.05) is 32.7 Å². The lowest BCUT2D eigenvalue weighted by molar-refractivity contribution is -0.184. The highest BCUT2D eigenvalue weighted by Gasteiger charge is 2.44. The van der Waals surface area contributed by atoms with Crippen LogP contribution in [0.15, 0.2) is 24.3 Å². The molecule has 0 aromatic heterocycles. The zero-order valence-electron chi connectivity index (χ0n) is 14.4. The summed E-state index contributed by atoms with van der Waals surface area (Å²) in [7, 11) is 0. The van der Waals surface area contributed by atoms with E-state index in [-0.39, 0.29) is 24.2 Å². The minimum Gasteiger partial charge on any atom is -0.353 e. The average molecular weight is 384 g/mol. The van der Waals surface area contributed by atoms with Crippen LogP contribution in [-0.4, -0.2) is 79.0 Å². The van der Waals surface area contributed by atoms with Crippen LogP contribution in [0.5, 0.6) is 0 Å². The van der Waals surface area contributed by atoms with Gasteiger partial charge >= 0.3 is 6.18 Å². The van der Waals surface area contributed by atoms with Crippen molar-refractivity contribution in [3.8, 4) is 0 Å². The molecule has 1 fully saturated rings. The number of benzene rings is 1. The Bertz CT molecular complexity index is 712. The standard InChI is InChI=1S/C17H19F3N4O3/c18-17(19,20)13(23-7-5-21-6-8-23)9-22-14(25)10-24-15(26)11-3-1-2-4-12(11)16(24)27/h1-4,13,21H,5-10H2,(H,22,25). The number of carbonyl (C=O) groups is 3. The number of hydrogen-bond acceptors (Lipinski definition) is 5. The van der Waals surface area contributed by atoms with Crippen molar-refractivity contribution in [3.05, 3.63) is 35.4 Å². The molecule has 1 aromatic carbocycles. The maximum atomic E-state index is 13.3. The molecule has 2 aliphatic rings. The first-order valence-electron chi connectivity index (χ1n) is 8.52. The van der Waals surface area contributed by atoms with Gasteiger partial charge in [0.15, 0.2) is 0 Å². The molecular weight excluding hydrogens is 365 g/mol. The van der Waals surface area contributed by atoms with Gasteiger partial charge in [0.25, 0.3) is 11.8 Å². The number of halogens is 3. The van der Waals surface area contributed by atoms with Gasteiger partial charge in [-0.2, -0.15) is 13.2 Å². The molecule has 3 rings (SSSR count). The van der Waals surface area contributed by atoms with Crippen LogP contribution in [0.4, 0.5) is 13.2 Å². The smallest absolute Gasteiger partial charge is 0.353 e. The van der Waals surface area contributed by atoms with E-state index in [4.69, 9.17) is 0 Å². The van der Waals surface area contributed by atoms with E-state index in [9.17, 15) is 27.6 Å². The molecule has 0 aliphatic carbocycles. The van der Waals surface area contributed by atoms with E-state index in [1.165, 1.54) is 17.0 Å². The topological polar surface area (TPSA) is 81.8 Å². The van der Waals surface area contributed by atoms with Crippen molar-refractivity contribution in [1.29, 1.82) is 0 Å². The molecule has 1 aromatic rings. The second kappa shape index (κ2) is 7.65. The fraction of sp³-hybridized carbons (Fsp3) is 0.471. The van der Waals surface area contributed by atoms with Crippen LogP contribution in [0.1, 0.15) is 20.7 Å². The Labute approximate surface area is 153 Å². The van der Waals surface area contributed by atoms with Crippen LogP contribution in [0, 0.1) is 0 Å². The largest absolute Gasteiger partial charge is 0.405 e. The number of rotatable bonds is 5. The number of alkyl halides is 3. The van der Waals surface area contributed by atoms with Crippen molar-refractivity contribution >= 4 is 17.7 Å². The van der Waals surface area contributed by atoms with Gasteiger partial charge in [-0.05, 0) is 12.1 Å². The molecule has 27 heavy (non-hydrogen) atoms. The fourth-order valence-corrected chi connectivity index (χ4v) is 3.24. The first kappa shape index (κ1) is 19.3. The molecule has 146 valence electrons.